The van der Waals surface area contributed by atoms with Crippen LogP contribution in [0.15, 0.2) is 82.2 Å². The highest BCUT2D eigenvalue weighted by atomic mass is 16.3. The number of hydrogen-bond acceptors (Lipinski definition) is 4. The summed E-state index contributed by atoms with van der Waals surface area (Å²) in [5, 5.41) is 10.8. The third-order valence-electron chi connectivity index (χ3n) is 6.92. The number of pyridine rings is 1. The van der Waals surface area contributed by atoms with Crippen LogP contribution >= 0.6 is 0 Å². The lowest BCUT2D eigenvalue weighted by Gasteiger charge is -2.28. The van der Waals surface area contributed by atoms with Gasteiger partial charge in [0.1, 0.15) is 0 Å². The van der Waals surface area contributed by atoms with E-state index in [0.717, 1.165) is 11.1 Å². The van der Waals surface area contributed by atoms with E-state index in [4.69, 9.17) is 0 Å². The topological polar surface area (TPSA) is 79.6 Å². The van der Waals surface area contributed by atoms with Gasteiger partial charge in [-0.15, -0.1) is 0 Å². The minimum atomic E-state index is -0.417. The monoisotopic (exact) mass is 494 g/mol. The number of allylic oxidation sites excluding steroid dienone is 2. The van der Waals surface area contributed by atoms with Crippen molar-refractivity contribution < 1.29 is 14.7 Å². The van der Waals surface area contributed by atoms with Crippen molar-refractivity contribution in [3.8, 4) is 11.6 Å². The second kappa shape index (κ2) is 9.90. The molecule has 1 aromatic heterocycles. The van der Waals surface area contributed by atoms with E-state index in [0.29, 0.717) is 44.8 Å². The van der Waals surface area contributed by atoms with Crippen molar-refractivity contribution >= 4 is 23.6 Å². The average molecular weight is 495 g/mol. The second-order valence-electron chi connectivity index (χ2n) is 9.44. The van der Waals surface area contributed by atoms with E-state index in [2.05, 4.69) is 0 Å². The molecule has 37 heavy (non-hydrogen) atoms. The Morgan fingerprint density at radius 2 is 1.32 bits per heavy atom. The average Bonchev–Trinajstić information content (AvgIpc) is 2.85. The van der Waals surface area contributed by atoms with Crippen molar-refractivity contribution in [1.29, 1.82) is 0 Å². The number of rotatable bonds is 4. The van der Waals surface area contributed by atoms with Crippen molar-refractivity contribution in [1.82, 2.24) is 4.57 Å². The van der Waals surface area contributed by atoms with Gasteiger partial charge in [0.05, 0.1) is 11.4 Å². The van der Waals surface area contributed by atoms with Gasteiger partial charge in [0.2, 0.25) is 5.88 Å². The van der Waals surface area contributed by atoms with Gasteiger partial charge >= 0.3 is 0 Å². The van der Waals surface area contributed by atoms with Crippen LogP contribution in [-0.4, -0.2) is 21.5 Å². The third-order valence-corrected chi connectivity index (χ3v) is 6.92. The molecule has 0 bridgehead atoms. The summed E-state index contributed by atoms with van der Waals surface area (Å²) in [6, 6.07) is 14.6. The molecular formula is C31H30N2O4. The van der Waals surface area contributed by atoms with Gasteiger partial charge in [0.15, 0.2) is 0 Å². The molecule has 2 amide bonds. The molecule has 6 heteroatoms. The SMILES string of the molecule is CC1=C(C)/C(=C/C=Cc2c(C)c(C)c(O)n(-c3cccc(C)c3)c2=O)C(=O)N(c2cccc(C)c2)C1=O. The van der Waals surface area contributed by atoms with Gasteiger partial charge < -0.3 is 5.11 Å². The molecule has 1 aliphatic rings. The summed E-state index contributed by atoms with van der Waals surface area (Å²) in [6.45, 7) is 10.8. The van der Waals surface area contributed by atoms with Gasteiger partial charge in [-0.25, -0.2) is 9.47 Å². The number of hydrogen-bond donors (Lipinski definition) is 1. The highest BCUT2D eigenvalue weighted by molar-refractivity contribution is 6.30. The van der Waals surface area contributed by atoms with Crippen molar-refractivity contribution in [2.45, 2.75) is 41.5 Å². The first-order valence-corrected chi connectivity index (χ1v) is 12.1. The molecule has 0 aliphatic carbocycles. The van der Waals surface area contributed by atoms with Gasteiger partial charge in [0, 0.05) is 22.3 Å². The van der Waals surface area contributed by atoms with Crippen molar-refractivity contribution in [3.63, 3.8) is 0 Å². The fraction of sp³-hybridized carbons (Fsp3) is 0.194. The molecule has 2 heterocycles. The first kappa shape index (κ1) is 25.6. The van der Waals surface area contributed by atoms with Crippen LogP contribution in [0.2, 0.25) is 0 Å². The van der Waals surface area contributed by atoms with Crippen LogP contribution in [0.1, 0.15) is 41.7 Å². The highest BCUT2D eigenvalue weighted by Gasteiger charge is 2.34. The number of aromatic nitrogens is 1. The summed E-state index contributed by atoms with van der Waals surface area (Å²) in [7, 11) is 0. The Bertz CT molecular complexity index is 1600. The Kier molecular flexibility index (Phi) is 6.86. The van der Waals surface area contributed by atoms with Crippen LogP contribution in [0.25, 0.3) is 11.8 Å². The van der Waals surface area contributed by atoms with Crippen molar-refractivity contribution in [2.24, 2.45) is 0 Å². The Morgan fingerprint density at radius 1 is 0.730 bits per heavy atom. The Hall–Kier alpha value is -4.45. The Balaban J connectivity index is 1.80. The summed E-state index contributed by atoms with van der Waals surface area (Å²) < 4.78 is 1.29. The molecule has 0 radical (unpaired) electrons. The zero-order valence-electron chi connectivity index (χ0n) is 21.9. The number of amides is 2. The predicted molar refractivity (Wildman–Crippen MR) is 147 cm³/mol. The van der Waals surface area contributed by atoms with E-state index in [1.165, 1.54) is 9.47 Å². The normalized spacial score (nSPS) is 15.4. The Labute approximate surface area is 216 Å². The van der Waals surface area contributed by atoms with Crippen LogP contribution in [0, 0.1) is 27.7 Å². The van der Waals surface area contributed by atoms with Gasteiger partial charge in [-0.2, -0.15) is 0 Å². The molecule has 6 nitrogen and oxygen atoms in total. The maximum Gasteiger partial charge on any atom is 0.265 e. The maximum atomic E-state index is 13.5. The minimum absolute atomic E-state index is 0.104. The second-order valence-corrected chi connectivity index (χ2v) is 9.44. The molecule has 1 aliphatic heterocycles. The fourth-order valence-corrected chi connectivity index (χ4v) is 4.46. The number of imide groups is 1. The lowest BCUT2D eigenvalue weighted by molar-refractivity contribution is -0.123. The fourth-order valence-electron chi connectivity index (χ4n) is 4.46. The van der Waals surface area contributed by atoms with E-state index >= 15 is 0 Å². The first-order chi connectivity index (χ1) is 17.5. The predicted octanol–water partition coefficient (Wildman–Crippen LogP) is 5.63. The van der Waals surface area contributed by atoms with E-state index in [1.54, 1.807) is 64.1 Å². The standard InChI is InChI=1S/C31H30N2O4/c1-18-10-7-12-24(16-18)32-28(34)22(5)20(3)26(30(32)36)14-9-15-27-21(4)23(6)29(35)33(31(27)37)25-13-8-11-19(2)17-25/h7-17,34H,1-6H3/b14-9?,27-15-. The molecular weight excluding hydrogens is 464 g/mol. The van der Waals surface area contributed by atoms with Gasteiger partial charge in [-0.05, 0) is 100 Å². The molecule has 0 atom stereocenters. The zero-order chi connectivity index (χ0) is 27.0. The molecule has 1 N–H and O–H groups in total. The number of aromatic hydroxyl groups is 1. The molecule has 188 valence electrons. The third kappa shape index (κ3) is 4.58. The van der Waals surface area contributed by atoms with Gasteiger partial charge in [0.25, 0.3) is 17.4 Å². The smallest absolute Gasteiger partial charge is 0.265 e. The van der Waals surface area contributed by atoms with E-state index in [9.17, 15) is 19.5 Å². The van der Waals surface area contributed by atoms with Crippen molar-refractivity contribution in [3.05, 3.63) is 116 Å². The lowest BCUT2D eigenvalue weighted by Crippen LogP contribution is -2.42. The molecule has 0 saturated carbocycles. The molecule has 2 aromatic carbocycles. The minimum Gasteiger partial charge on any atom is -0.494 e. The summed E-state index contributed by atoms with van der Waals surface area (Å²) in [6.07, 6.45) is 4.93. The molecule has 4 rings (SSSR count). The molecule has 0 saturated heterocycles. The highest BCUT2D eigenvalue weighted by Crippen LogP contribution is 2.30. The number of carbonyl (C=O) groups excluding carboxylic acids is 2. The van der Waals surface area contributed by atoms with Gasteiger partial charge in [-0.3, -0.25) is 14.4 Å². The number of nitrogens with zero attached hydrogens (tertiary/aromatic N) is 2. The van der Waals surface area contributed by atoms with Crippen LogP contribution in [0.3, 0.4) is 0 Å². The van der Waals surface area contributed by atoms with Crippen LogP contribution in [0.5, 0.6) is 5.88 Å². The zero-order valence-corrected chi connectivity index (χ0v) is 21.9. The van der Waals surface area contributed by atoms with E-state index < -0.39 is 5.91 Å². The van der Waals surface area contributed by atoms with E-state index in [1.807, 2.05) is 44.2 Å². The summed E-state index contributed by atoms with van der Waals surface area (Å²) in [5.74, 6) is -0.868. The number of benzene rings is 2. The molecule has 3 aromatic rings. The molecule has 0 fully saturated rings. The molecule has 0 spiro atoms. The summed E-state index contributed by atoms with van der Waals surface area (Å²) in [4.78, 5) is 41.0. The van der Waals surface area contributed by atoms with Gasteiger partial charge in [-0.1, -0.05) is 30.3 Å². The van der Waals surface area contributed by atoms with Crippen LogP contribution in [-0.2, 0) is 9.59 Å². The van der Waals surface area contributed by atoms with Crippen LogP contribution in [0.4, 0.5) is 5.69 Å². The largest absolute Gasteiger partial charge is 0.494 e. The summed E-state index contributed by atoms with van der Waals surface area (Å²) >= 11 is 0. The number of carbonyl (C=O) groups is 2. The first-order valence-electron chi connectivity index (χ1n) is 12.1. The Morgan fingerprint density at radius 3 is 1.95 bits per heavy atom. The summed E-state index contributed by atoms with van der Waals surface area (Å²) in [5.41, 5.74) is 5.73. The van der Waals surface area contributed by atoms with Crippen molar-refractivity contribution in [2.75, 3.05) is 4.90 Å². The lowest BCUT2D eigenvalue weighted by atomic mass is 9.94. The van der Waals surface area contributed by atoms with E-state index in [-0.39, 0.29) is 17.3 Å². The number of aryl methyl sites for hydroxylation is 2. The maximum absolute atomic E-state index is 13.5. The molecule has 0 unspecified atom stereocenters. The quantitative estimate of drug-likeness (QED) is 0.377. The van der Waals surface area contributed by atoms with Crippen LogP contribution < -0.4 is 10.5 Å². The number of anilines is 1.